The van der Waals surface area contributed by atoms with Gasteiger partial charge in [0.05, 0.1) is 11.3 Å². The van der Waals surface area contributed by atoms with Gasteiger partial charge < -0.3 is 19.5 Å². The third-order valence-corrected chi connectivity index (χ3v) is 4.44. The molecule has 0 saturated carbocycles. The number of hydrogen-bond acceptors (Lipinski definition) is 7. The van der Waals surface area contributed by atoms with E-state index in [1.807, 2.05) is 24.3 Å². The van der Waals surface area contributed by atoms with Crippen molar-refractivity contribution in [1.82, 2.24) is 25.8 Å². The van der Waals surface area contributed by atoms with Crippen molar-refractivity contribution < 1.29 is 18.7 Å². The van der Waals surface area contributed by atoms with Crippen molar-refractivity contribution in [2.75, 3.05) is 26.0 Å². The molecule has 0 aliphatic heterocycles. The number of ether oxygens (including phenoxy) is 1. The number of aromatic amines is 1. The number of benzene rings is 1. The Kier molecular flexibility index (Phi) is 6.44. The Hall–Kier alpha value is -2.85. The zero-order valence-electron chi connectivity index (χ0n) is 14.7. The van der Waals surface area contributed by atoms with E-state index < -0.39 is 11.9 Å². The number of para-hydroxylation sites is 1. The standard InChI is InChI=1S/C17H19N5O4S/c1-25-8-4-7-18-16(24)20-14(23)10-27-17-22-21-15(26-17)12-9-19-13-6-3-2-5-11(12)13/h2-3,5-6,9,19H,4,7-8,10H2,1H3,(H2,18,20,23,24). The highest BCUT2D eigenvalue weighted by Crippen LogP contribution is 2.29. The van der Waals surface area contributed by atoms with Crippen LogP contribution in [0.5, 0.6) is 0 Å². The van der Waals surface area contributed by atoms with Gasteiger partial charge >= 0.3 is 6.03 Å². The van der Waals surface area contributed by atoms with E-state index in [2.05, 4.69) is 25.8 Å². The maximum atomic E-state index is 11.8. The third kappa shape index (κ3) is 5.08. The van der Waals surface area contributed by atoms with Crippen LogP contribution in [0.3, 0.4) is 0 Å². The minimum atomic E-state index is -0.540. The van der Waals surface area contributed by atoms with E-state index in [0.29, 0.717) is 25.5 Å². The minimum absolute atomic E-state index is 0.0129. The number of H-pyrrole nitrogens is 1. The largest absolute Gasteiger partial charge is 0.411 e. The summed E-state index contributed by atoms with van der Waals surface area (Å²) >= 11 is 1.06. The highest BCUT2D eigenvalue weighted by molar-refractivity contribution is 7.99. The molecule has 142 valence electrons. The summed E-state index contributed by atoms with van der Waals surface area (Å²) in [5, 5.41) is 14.0. The summed E-state index contributed by atoms with van der Waals surface area (Å²) in [4.78, 5) is 26.5. The molecule has 0 saturated heterocycles. The number of rotatable bonds is 8. The summed E-state index contributed by atoms with van der Waals surface area (Å²) in [6.45, 7) is 0.970. The van der Waals surface area contributed by atoms with Gasteiger partial charge in [-0.25, -0.2) is 4.79 Å². The van der Waals surface area contributed by atoms with Crippen molar-refractivity contribution >= 4 is 34.6 Å². The molecule has 3 N–H and O–H groups in total. The number of imide groups is 1. The van der Waals surface area contributed by atoms with Crippen molar-refractivity contribution in [3.05, 3.63) is 30.5 Å². The first-order chi connectivity index (χ1) is 13.2. The van der Waals surface area contributed by atoms with Gasteiger partial charge in [-0.3, -0.25) is 10.1 Å². The molecule has 9 nitrogen and oxygen atoms in total. The third-order valence-electron chi connectivity index (χ3n) is 3.62. The van der Waals surface area contributed by atoms with Gasteiger partial charge in [0, 0.05) is 37.4 Å². The number of carbonyl (C=O) groups is 2. The van der Waals surface area contributed by atoms with Gasteiger partial charge in [-0.2, -0.15) is 0 Å². The zero-order chi connectivity index (χ0) is 19.1. The number of carbonyl (C=O) groups excluding carboxylic acids is 2. The van der Waals surface area contributed by atoms with E-state index in [9.17, 15) is 9.59 Å². The van der Waals surface area contributed by atoms with Gasteiger partial charge in [-0.15, -0.1) is 10.2 Å². The minimum Gasteiger partial charge on any atom is -0.411 e. The van der Waals surface area contributed by atoms with Crippen LogP contribution < -0.4 is 10.6 Å². The van der Waals surface area contributed by atoms with E-state index >= 15 is 0 Å². The number of nitrogens with zero attached hydrogens (tertiary/aromatic N) is 2. The number of fused-ring (bicyclic) bond motifs is 1. The van der Waals surface area contributed by atoms with Crippen LogP contribution in [0.4, 0.5) is 4.79 Å². The van der Waals surface area contributed by atoms with Gasteiger partial charge in [0.25, 0.3) is 11.1 Å². The smallest absolute Gasteiger partial charge is 0.321 e. The Bertz CT molecular complexity index is 923. The van der Waals surface area contributed by atoms with E-state index in [-0.39, 0.29) is 11.0 Å². The monoisotopic (exact) mass is 389 g/mol. The fourth-order valence-electron chi connectivity index (χ4n) is 2.38. The summed E-state index contributed by atoms with van der Waals surface area (Å²) in [6.07, 6.45) is 2.47. The van der Waals surface area contributed by atoms with Gasteiger partial charge in [0.2, 0.25) is 5.91 Å². The lowest BCUT2D eigenvalue weighted by Gasteiger charge is -2.05. The Balaban J connectivity index is 1.49. The average molecular weight is 389 g/mol. The van der Waals surface area contributed by atoms with E-state index in [4.69, 9.17) is 9.15 Å². The van der Waals surface area contributed by atoms with Crippen molar-refractivity contribution in [2.24, 2.45) is 0 Å². The van der Waals surface area contributed by atoms with Crippen LogP contribution >= 0.6 is 11.8 Å². The lowest BCUT2D eigenvalue weighted by Crippen LogP contribution is -2.40. The van der Waals surface area contributed by atoms with Crippen LogP contribution in [0, 0.1) is 0 Å². The molecule has 27 heavy (non-hydrogen) atoms. The zero-order valence-corrected chi connectivity index (χ0v) is 15.5. The molecule has 10 heteroatoms. The van der Waals surface area contributed by atoms with Crippen molar-refractivity contribution in [3.63, 3.8) is 0 Å². The number of urea groups is 1. The molecule has 1 aromatic carbocycles. The number of nitrogens with one attached hydrogen (secondary N) is 3. The predicted molar refractivity (Wildman–Crippen MR) is 100 cm³/mol. The van der Waals surface area contributed by atoms with Gasteiger partial charge in [0.15, 0.2) is 0 Å². The first kappa shape index (κ1) is 18.9. The van der Waals surface area contributed by atoms with E-state index in [1.54, 1.807) is 13.3 Å². The van der Waals surface area contributed by atoms with Crippen LogP contribution in [0.1, 0.15) is 6.42 Å². The lowest BCUT2D eigenvalue weighted by molar-refractivity contribution is -0.117. The van der Waals surface area contributed by atoms with Crippen molar-refractivity contribution in [2.45, 2.75) is 11.6 Å². The number of methoxy groups -OCH3 is 1. The SMILES string of the molecule is COCCCNC(=O)NC(=O)CSc1nnc(-c2c[nH]c3ccccc23)o1. The fourth-order valence-corrected chi connectivity index (χ4v) is 2.94. The van der Waals surface area contributed by atoms with Crippen molar-refractivity contribution in [1.29, 1.82) is 0 Å². The molecule has 2 aromatic heterocycles. The molecule has 3 amide bonds. The average Bonchev–Trinajstić information content (AvgIpc) is 3.30. The second-order valence-corrected chi connectivity index (χ2v) is 6.49. The summed E-state index contributed by atoms with van der Waals surface area (Å²) in [5.74, 6) is -0.0941. The van der Waals surface area contributed by atoms with Crippen LogP contribution in [0.25, 0.3) is 22.4 Å². The highest BCUT2D eigenvalue weighted by Gasteiger charge is 2.15. The number of aromatic nitrogens is 3. The van der Waals surface area contributed by atoms with Gasteiger partial charge in [-0.05, 0) is 12.5 Å². The molecule has 3 aromatic rings. The molecule has 0 radical (unpaired) electrons. The van der Waals surface area contributed by atoms with Gasteiger partial charge in [0.1, 0.15) is 0 Å². The quantitative estimate of drug-likeness (QED) is 0.399. The van der Waals surface area contributed by atoms with E-state index in [1.165, 1.54) is 0 Å². The van der Waals surface area contributed by atoms with Crippen molar-refractivity contribution in [3.8, 4) is 11.5 Å². The summed E-state index contributed by atoms with van der Waals surface area (Å²) in [5.41, 5.74) is 1.76. The molecule has 0 bridgehead atoms. The van der Waals surface area contributed by atoms with Gasteiger partial charge in [-0.1, -0.05) is 30.0 Å². The van der Waals surface area contributed by atoms with Crippen LogP contribution in [-0.2, 0) is 9.53 Å². The Labute approximate surface area is 159 Å². The first-order valence-corrected chi connectivity index (χ1v) is 9.25. The summed E-state index contributed by atoms with van der Waals surface area (Å²) in [6, 6.07) is 7.23. The second kappa shape index (κ2) is 9.19. The molecule has 0 spiro atoms. The molecule has 3 rings (SSSR count). The normalized spacial score (nSPS) is 10.9. The van der Waals surface area contributed by atoms with Crippen LogP contribution in [0.15, 0.2) is 40.1 Å². The fraction of sp³-hybridized carbons (Fsp3) is 0.294. The van der Waals surface area contributed by atoms with Crippen LogP contribution in [-0.4, -0.2) is 53.1 Å². The Morgan fingerprint density at radius 2 is 2.15 bits per heavy atom. The number of amides is 3. The predicted octanol–water partition coefficient (Wildman–Crippen LogP) is 2.17. The number of thioether (sulfide) groups is 1. The molecule has 0 fully saturated rings. The topological polar surface area (TPSA) is 122 Å². The Morgan fingerprint density at radius 3 is 3.00 bits per heavy atom. The molecular formula is C17H19N5O4S. The Morgan fingerprint density at radius 1 is 1.30 bits per heavy atom. The summed E-state index contributed by atoms with van der Waals surface area (Å²) < 4.78 is 10.5. The molecule has 0 atom stereocenters. The lowest BCUT2D eigenvalue weighted by atomic mass is 10.2. The molecule has 0 aliphatic carbocycles. The summed E-state index contributed by atoms with van der Waals surface area (Å²) in [7, 11) is 1.59. The van der Waals surface area contributed by atoms with Crippen LogP contribution in [0.2, 0.25) is 0 Å². The second-order valence-electron chi connectivity index (χ2n) is 5.56. The highest BCUT2D eigenvalue weighted by atomic mass is 32.2. The first-order valence-electron chi connectivity index (χ1n) is 8.27. The maximum absolute atomic E-state index is 11.8. The molecular weight excluding hydrogens is 370 g/mol. The molecule has 0 aliphatic rings. The molecule has 2 heterocycles. The van der Waals surface area contributed by atoms with E-state index in [0.717, 1.165) is 28.2 Å². The molecule has 0 unspecified atom stereocenters. The number of hydrogen-bond donors (Lipinski definition) is 3. The maximum Gasteiger partial charge on any atom is 0.321 e.